The van der Waals surface area contributed by atoms with E-state index in [0.717, 1.165) is 13.5 Å². The van der Waals surface area contributed by atoms with Crippen LogP contribution in [0.25, 0.3) is 0 Å². The van der Waals surface area contributed by atoms with E-state index < -0.39 is 11.5 Å². The predicted molar refractivity (Wildman–Crippen MR) is 71.0 cm³/mol. The Kier molecular flexibility index (Phi) is 2.00. The number of hydrogen-bond donors (Lipinski definition) is 1. The van der Waals surface area contributed by atoms with Gasteiger partial charge >= 0.3 is 76.6 Å². The fourth-order valence-corrected chi connectivity index (χ4v) is 6.13. The zero-order valence-corrected chi connectivity index (χ0v) is 13.4. The van der Waals surface area contributed by atoms with Crippen LogP contribution in [-0.4, -0.2) is 12.2 Å². The van der Waals surface area contributed by atoms with Crippen molar-refractivity contribution in [2.24, 2.45) is 0 Å². The third-order valence-electron chi connectivity index (χ3n) is 3.02. The average Bonchev–Trinajstić information content (AvgIpc) is 2.35. The Morgan fingerprint density at radius 3 is 1.47 bits per heavy atom. The molecular weight excluding hydrogens is 220 g/mol. The average molecular weight is 250 g/mol. The van der Waals surface area contributed by atoms with Gasteiger partial charge in [0.1, 0.15) is 0 Å². The molecular formula is C13H30OTi. The van der Waals surface area contributed by atoms with Crippen molar-refractivity contribution in [3.63, 3.8) is 0 Å². The Balaban J connectivity index is 0.000000921. The molecule has 92 valence electrons. The molecule has 2 heteroatoms. The first kappa shape index (κ1) is 15.2. The van der Waals surface area contributed by atoms with Gasteiger partial charge in [0.05, 0.1) is 0 Å². The topological polar surface area (TPSA) is 20.2 Å². The third-order valence-corrected chi connectivity index (χ3v) is 10.6. The van der Waals surface area contributed by atoms with Crippen LogP contribution in [0, 0.1) is 0 Å². The molecule has 0 fully saturated rings. The summed E-state index contributed by atoms with van der Waals surface area (Å²) in [5, 5.41) is 24.5. The van der Waals surface area contributed by atoms with Gasteiger partial charge in [-0.3, -0.25) is 0 Å². The molecule has 0 aromatic rings. The van der Waals surface area contributed by atoms with Crippen molar-refractivity contribution in [2.75, 3.05) is 7.11 Å². The van der Waals surface area contributed by atoms with Gasteiger partial charge in [-0.05, 0) is 0 Å². The minimum atomic E-state index is -3.72. The van der Waals surface area contributed by atoms with Crippen LogP contribution in [0.4, 0.5) is 0 Å². The van der Waals surface area contributed by atoms with E-state index in [1.807, 2.05) is 0 Å². The van der Waals surface area contributed by atoms with Crippen LogP contribution in [0.3, 0.4) is 0 Å². The zero-order valence-electron chi connectivity index (χ0n) is 11.9. The Hall–Kier alpha value is 0.154. The van der Waals surface area contributed by atoms with Crippen molar-refractivity contribution < 1.29 is 16.6 Å². The summed E-state index contributed by atoms with van der Waals surface area (Å²) in [6.07, 6.45) is 7.95. The molecule has 1 N–H and O–H groups in total. The molecule has 0 radical (unpaired) electrons. The van der Waals surface area contributed by atoms with Gasteiger partial charge in [0.2, 0.25) is 0 Å². The van der Waals surface area contributed by atoms with Crippen LogP contribution in [0.1, 0.15) is 6.42 Å². The van der Waals surface area contributed by atoms with Crippen molar-refractivity contribution in [1.82, 2.24) is 0 Å². The van der Waals surface area contributed by atoms with Crippen LogP contribution in [0.2, 0.25) is 36.6 Å². The molecule has 0 atom stereocenters. The molecule has 0 spiro atoms. The first-order valence-electron chi connectivity index (χ1n) is 5.91. The second-order valence-electron chi connectivity index (χ2n) is 13.6. The van der Waals surface area contributed by atoms with Gasteiger partial charge in [0.15, 0.2) is 0 Å². The van der Waals surface area contributed by atoms with Crippen LogP contribution < -0.4 is 0 Å². The summed E-state index contributed by atoms with van der Waals surface area (Å²) in [5.41, 5.74) is 0. The summed E-state index contributed by atoms with van der Waals surface area (Å²) >= 11 is -3.72. The fourth-order valence-electron chi connectivity index (χ4n) is 1.75. The van der Waals surface area contributed by atoms with E-state index in [-0.39, 0.29) is 0 Å². The number of hydrogen-bond acceptors (Lipinski definition) is 1. The van der Waals surface area contributed by atoms with Crippen molar-refractivity contribution in [3.05, 3.63) is 22.1 Å². The molecule has 0 saturated heterocycles. The van der Waals surface area contributed by atoms with E-state index in [1.165, 1.54) is 0 Å². The maximum absolute atomic E-state index is 7.00. The van der Waals surface area contributed by atoms with Crippen LogP contribution >= 0.6 is 0 Å². The monoisotopic (exact) mass is 250 g/mol. The van der Waals surface area contributed by atoms with E-state index in [0.29, 0.717) is 0 Å². The van der Waals surface area contributed by atoms with Crippen LogP contribution in [0.5, 0.6) is 0 Å². The predicted octanol–water partition coefficient (Wildman–Crippen LogP) is 5.07. The summed E-state index contributed by atoms with van der Waals surface area (Å²) in [6, 6.07) is 0. The van der Waals surface area contributed by atoms with E-state index in [4.69, 9.17) is 5.11 Å². The molecule has 1 rings (SSSR count). The normalized spacial score (nSPS) is 26.1. The van der Waals surface area contributed by atoms with Gasteiger partial charge in [-0.1, -0.05) is 0 Å². The number of allylic oxidation sites excluding steroid dienone is 4. The minimum absolute atomic E-state index is 1.00. The molecule has 15 heavy (non-hydrogen) atoms. The Morgan fingerprint density at radius 2 is 1.33 bits per heavy atom. The molecule has 0 unspecified atom stereocenters. The number of aliphatic hydroxyl groups excluding tert-OH is 1. The van der Waals surface area contributed by atoms with Gasteiger partial charge in [-0.15, -0.1) is 0 Å². The SMILES string of the molecule is CO.[CH3][Ti]([CH3])([CH3])([CH3])([CH3])([CH3])([CH3])[C]1=CC=CC1. The summed E-state index contributed by atoms with van der Waals surface area (Å²) in [4.78, 5) is 0. The maximum atomic E-state index is 7.00. The molecule has 0 saturated carbocycles. The molecule has 0 heterocycles. The Morgan fingerprint density at radius 1 is 0.933 bits per heavy atom. The van der Waals surface area contributed by atoms with Gasteiger partial charge in [-0.25, -0.2) is 0 Å². The molecule has 1 aliphatic carbocycles. The van der Waals surface area contributed by atoms with E-state index in [1.54, 1.807) is 3.88 Å². The van der Waals surface area contributed by atoms with Crippen LogP contribution in [-0.2, 0) is 11.5 Å². The number of rotatable bonds is 1. The first-order valence-corrected chi connectivity index (χ1v) is 17.6. The van der Waals surface area contributed by atoms with E-state index in [2.05, 4.69) is 54.8 Å². The van der Waals surface area contributed by atoms with Crippen LogP contribution in [0.15, 0.2) is 22.1 Å². The van der Waals surface area contributed by atoms with Gasteiger partial charge in [0.25, 0.3) is 0 Å². The zero-order chi connectivity index (χ0) is 12.8. The third kappa shape index (κ3) is 4.67. The Labute approximate surface area is 88.7 Å². The van der Waals surface area contributed by atoms with Gasteiger partial charge < -0.3 is 5.11 Å². The Bertz CT molecular complexity index is 342. The standard InChI is InChI=1S/C5H5.CH4O.7CH3.Ti/c1-2-4-5-3-1;1-2;;;;;;;;/h1-3H,4H2;2H,1H3;7*1H3;. The van der Waals surface area contributed by atoms with E-state index >= 15 is 0 Å². The van der Waals surface area contributed by atoms with Crippen molar-refractivity contribution in [1.29, 1.82) is 0 Å². The molecule has 1 aliphatic rings. The van der Waals surface area contributed by atoms with Gasteiger partial charge in [0, 0.05) is 7.11 Å². The van der Waals surface area contributed by atoms with E-state index in [9.17, 15) is 0 Å². The second-order valence-corrected chi connectivity index (χ2v) is 52.8. The second kappa shape index (κ2) is 1.98. The molecule has 0 aromatic carbocycles. The summed E-state index contributed by atoms with van der Waals surface area (Å²) in [5.74, 6) is 0. The fraction of sp³-hybridized carbons (Fsp3) is 0.692. The molecule has 0 amide bonds. The summed E-state index contributed by atoms with van der Waals surface area (Å²) < 4.78 is 1.65. The summed E-state index contributed by atoms with van der Waals surface area (Å²) in [7, 11) is 1.00. The summed E-state index contributed by atoms with van der Waals surface area (Å²) in [6.45, 7) is 0. The van der Waals surface area contributed by atoms with Gasteiger partial charge in [-0.2, -0.15) is 0 Å². The van der Waals surface area contributed by atoms with Crippen molar-refractivity contribution in [3.8, 4) is 0 Å². The first-order chi connectivity index (χ1) is 6.00. The van der Waals surface area contributed by atoms with Crippen molar-refractivity contribution >= 4 is 0 Å². The molecule has 0 bridgehead atoms. The number of aliphatic hydroxyl groups is 1. The molecule has 0 aromatic heterocycles. The molecule has 1 nitrogen and oxygen atoms in total. The molecule has 0 aliphatic heterocycles. The quantitative estimate of drug-likeness (QED) is 0.644. The van der Waals surface area contributed by atoms with Crippen molar-refractivity contribution in [2.45, 2.75) is 43.0 Å².